The van der Waals surface area contributed by atoms with Gasteiger partial charge in [-0.1, -0.05) is 87.2 Å². The molecular weight excluding hydrogens is 480 g/mol. The number of carboxylic acids is 1. The quantitative estimate of drug-likeness (QED) is 0.205. The molecule has 0 heterocycles. The molecule has 0 aliphatic carbocycles. The number of esters is 1. The Morgan fingerprint density at radius 3 is 2.26 bits per heavy atom. The van der Waals surface area contributed by atoms with E-state index in [0.717, 1.165) is 35.2 Å². The first-order valence-corrected chi connectivity index (χ1v) is 13.1. The summed E-state index contributed by atoms with van der Waals surface area (Å²) >= 11 is 0. The molecule has 0 fully saturated rings. The molecule has 0 aromatic heterocycles. The second-order valence-electron chi connectivity index (χ2n) is 9.25. The van der Waals surface area contributed by atoms with E-state index >= 15 is 0 Å². The van der Waals surface area contributed by atoms with E-state index in [-0.39, 0.29) is 12.5 Å². The molecule has 0 saturated carbocycles. The fourth-order valence-electron chi connectivity index (χ4n) is 4.05. The predicted molar refractivity (Wildman–Crippen MR) is 149 cm³/mol. The van der Waals surface area contributed by atoms with Gasteiger partial charge in [0.25, 0.3) is 0 Å². The molecule has 7 heteroatoms. The monoisotopic (exact) mass is 516 g/mol. The van der Waals surface area contributed by atoms with Crippen LogP contribution in [-0.4, -0.2) is 42.8 Å². The zero-order chi connectivity index (χ0) is 27.3. The van der Waals surface area contributed by atoms with Gasteiger partial charge in [-0.25, -0.2) is 14.4 Å². The Hall–Kier alpha value is -4.13. The Morgan fingerprint density at radius 2 is 1.58 bits per heavy atom. The lowest BCUT2D eigenvalue weighted by molar-refractivity contribution is -0.147. The maximum Gasteiger partial charge on any atom is 0.345 e. The van der Waals surface area contributed by atoms with Gasteiger partial charge in [0.05, 0.1) is 5.56 Å². The number of nitrogens with one attached hydrogen (secondary N) is 1. The molecule has 0 aliphatic heterocycles. The molecule has 3 rings (SSSR count). The number of carbonyl (C=O) groups excluding carboxylic acids is 2. The molecule has 2 amide bonds. The second kappa shape index (κ2) is 14.6. The average molecular weight is 517 g/mol. The molecule has 1 atom stereocenters. The number of carboxylic acid groups (broad SMARTS) is 1. The highest BCUT2D eigenvalue weighted by atomic mass is 16.6. The van der Waals surface area contributed by atoms with E-state index in [1.165, 1.54) is 19.3 Å². The smallest absolute Gasteiger partial charge is 0.345 e. The van der Waals surface area contributed by atoms with Crippen LogP contribution in [0.2, 0.25) is 0 Å². The number of hydrogen-bond donors (Lipinski definition) is 2. The van der Waals surface area contributed by atoms with Crippen molar-refractivity contribution in [2.75, 3.05) is 18.5 Å². The largest absolute Gasteiger partial charge is 0.478 e. The van der Waals surface area contributed by atoms with Gasteiger partial charge in [-0.15, -0.1) is 0 Å². The van der Waals surface area contributed by atoms with E-state index in [0.29, 0.717) is 12.1 Å². The van der Waals surface area contributed by atoms with E-state index in [2.05, 4.69) is 12.2 Å². The van der Waals surface area contributed by atoms with Crippen molar-refractivity contribution >= 4 is 23.7 Å². The second-order valence-corrected chi connectivity index (χ2v) is 9.25. The molecule has 0 saturated heterocycles. The maximum absolute atomic E-state index is 12.6. The maximum atomic E-state index is 12.6. The van der Waals surface area contributed by atoms with E-state index in [1.54, 1.807) is 42.3 Å². The Bertz CT molecular complexity index is 1190. The Balaban J connectivity index is 1.60. The number of hydrogen-bond acceptors (Lipinski definition) is 4. The van der Waals surface area contributed by atoms with Crippen molar-refractivity contribution in [3.8, 4) is 11.1 Å². The number of urea groups is 1. The molecule has 0 radical (unpaired) electrons. The van der Waals surface area contributed by atoms with E-state index in [9.17, 15) is 19.5 Å². The number of anilines is 1. The van der Waals surface area contributed by atoms with Crippen LogP contribution in [0.15, 0.2) is 78.9 Å². The van der Waals surface area contributed by atoms with Gasteiger partial charge in [0.2, 0.25) is 6.10 Å². The van der Waals surface area contributed by atoms with Crippen molar-refractivity contribution in [2.45, 2.75) is 51.6 Å². The minimum absolute atomic E-state index is 0.0512. The predicted octanol–water partition coefficient (Wildman–Crippen LogP) is 6.32. The van der Waals surface area contributed by atoms with E-state index in [1.807, 2.05) is 48.5 Å². The summed E-state index contributed by atoms with van der Waals surface area (Å²) in [4.78, 5) is 38.2. The topological polar surface area (TPSA) is 95.9 Å². The number of carbonyl (C=O) groups is 3. The first-order valence-electron chi connectivity index (χ1n) is 13.1. The third-order valence-corrected chi connectivity index (χ3v) is 6.34. The molecule has 3 aromatic carbocycles. The van der Waals surface area contributed by atoms with Crippen molar-refractivity contribution in [2.24, 2.45) is 0 Å². The third-order valence-electron chi connectivity index (χ3n) is 6.34. The molecule has 1 unspecified atom stereocenters. The van der Waals surface area contributed by atoms with Crippen LogP contribution in [0, 0.1) is 0 Å². The number of amides is 2. The van der Waals surface area contributed by atoms with Gasteiger partial charge >= 0.3 is 18.0 Å². The summed E-state index contributed by atoms with van der Waals surface area (Å²) in [6.07, 6.45) is 4.46. The van der Waals surface area contributed by atoms with Crippen LogP contribution in [0.5, 0.6) is 0 Å². The van der Waals surface area contributed by atoms with Gasteiger partial charge in [0.1, 0.15) is 0 Å². The Kier molecular flexibility index (Phi) is 10.9. The lowest BCUT2D eigenvalue weighted by Gasteiger charge is -2.19. The molecule has 3 aromatic rings. The number of rotatable bonds is 13. The summed E-state index contributed by atoms with van der Waals surface area (Å²) in [6, 6.07) is 23.3. The minimum atomic E-state index is -1.30. The normalized spacial score (nSPS) is 11.4. The number of benzene rings is 3. The van der Waals surface area contributed by atoms with E-state index < -0.39 is 18.0 Å². The highest BCUT2D eigenvalue weighted by Gasteiger charge is 2.23. The van der Waals surface area contributed by atoms with E-state index in [4.69, 9.17) is 4.74 Å². The summed E-state index contributed by atoms with van der Waals surface area (Å²) in [7, 11) is 1.75. The van der Waals surface area contributed by atoms with Gasteiger partial charge in [0.15, 0.2) is 0 Å². The van der Waals surface area contributed by atoms with Gasteiger partial charge in [-0.2, -0.15) is 0 Å². The van der Waals surface area contributed by atoms with Crippen molar-refractivity contribution in [3.63, 3.8) is 0 Å². The van der Waals surface area contributed by atoms with Crippen LogP contribution in [-0.2, 0) is 16.0 Å². The molecule has 200 valence electrons. The summed E-state index contributed by atoms with van der Waals surface area (Å²) in [6.45, 7) is 2.84. The first kappa shape index (κ1) is 28.4. The van der Waals surface area contributed by atoms with Crippen molar-refractivity contribution in [1.82, 2.24) is 5.32 Å². The molecular formula is C31H36N2O5. The van der Waals surface area contributed by atoms with Crippen molar-refractivity contribution in [3.05, 3.63) is 90.0 Å². The summed E-state index contributed by atoms with van der Waals surface area (Å²) in [5.74, 6) is -1.87. The zero-order valence-electron chi connectivity index (χ0n) is 22.1. The van der Waals surface area contributed by atoms with Crippen LogP contribution in [0.4, 0.5) is 10.5 Å². The van der Waals surface area contributed by atoms with Gasteiger partial charge < -0.3 is 15.2 Å². The fraction of sp³-hybridized carbons (Fsp3) is 0.323. The highest BCUT2D eigenvalue weighted by Crippen LogP contribution is 2.25. The lowest BCUT2D eigenvalue weighted by Crippen LogP contribution is -2.37. The molecule has 0 bridgehead atoms. The molecule has 38 heavy (non-hydrogen) atoms. The standard InChI is InChI=1S/C31H36N2O5/c1-3-4-5-6-10-20-32-31(37)33(2)27-15-11-14-26(22-27)24-18-16-23(17-19-24)21-28(29(34)35)38-30(36)25-12-8-7-9-13-25/h7-9,11-19,22,28H,3-6,10,20-21H2,1-2H3,(H,32,37)(H,34,35). The number of nitrogens with zero attached hydrogens (tertiary/aromatic N) is 1. The first-order chi connectivity index (χ1) is 18.4. The van der Waals surface area contributed by atoms with Crippen molar-refractivity contribution in [1.29, 1.82) is 0 Å². The minimum Gasteiger partial charge on any atom is -0.478 e. The zero-order valence-corrected chi connectivity index (χ0v) is 22.1. The van der Waals surface area contributed by atoms with Crippen LogP contribution in [0.1, 0.15) is 54.9 Å². The number of ether oxygens (including phenoxy) is 1. The summed E-state index contributed by atoms with van der Waals surface area (Å²) in [5, 5.41) is 12.6. The SMILES string of the molecule is CCCCCCCNC(=O)N(C)c1cccc(-c2ccc(CC(OC(=O)c3ccccc3)C(=O)O)cc2)c1. The van der Waals surface area contributed by atoms with Crippen LogP contribution in [0.3, 0.4) is 0 Å². The highest BCUT2D eigenvalue weighted by molar-refractivity contribution is 5.92. The number of unbranched alkanes of at least 4 members (excludes halogenated alkanes) is 4. The molecule has 0 spiro atoms. The average Bonchev–Trinajstić information content (AvgIpc) is 2.94. The van der Waals surface area contributed by atoms with Gasteiger partial charge in [-0.05, 0) is 47.4 Å². The van der Waals surface area contributed by atoms with Gasteiger partial charge in [0, 0.05) is 25.7 Å². The Morgan fingerprint density at radius 1 is 0.868 bits per heavy atom. The lowest BCUT2D eigenvalue weighted by atomic mass is 10.0. The number of aliphatic carboxylic acids is 1. The van der Waals surface area contributed by atoms with Crippen molar-refractivity contribution < 1.29 is 24.2 Å². The molecule has 0 aliphatic rings. The van der Waals surface area contributed by atoms with Crippen LogP contribution in [0.25, 0.3) is 11.1 Å². The Labute approximate surface area is 224 Å². The van der Waals surface area contributed by atoms with Crippen LogP contribution < -0.4 is 10.2 Å². The van der Waals surface area contributed by atoms with Gasteiger partial charge in [-0.3, -0.25) is 4.90 Å². The van der Waals surface area contributed by atoms with Crippen LogP contribution >= 0.6 is 0 Å². The fourth-order valence-corrected chi connectivity index (χ4v) is 4.05. The summed E-state index contributed by atoms with van der Waals surface area (Å²) < 4.78 is 5.25. The third kappa shape index (κ3) is 8.47. The molecule has 2 N–H and O–H groups in total. The molecule has 7 nitrogen and oxygen atoms in total. The summed E-state index contributed by atoms with van der Waals surface area (Å²) in [5.41, 5.74) is 3.66.